The van der Waals surface area contributed by atoms with Crippen molar-refractivity contribution in [3.05, 3.63) is 48.3 Å². The highest BCUT2D eigenvalue weighted by Gasteiger charge is 2.29. The summed E-state index contributed by atoms with van der Waals surface area (Å²) in [6, 6.07) is 8.54. The molecule has 3 rings (SSSR count). The lowest BCUT2D eigenvalue weighted by Gasteiger charge is -2.24. The number of benzene rings is 1. The van der Waals surface area contributed by atoms with E-state index in [1.54, 1.807) is 30.5 Å². The van der Waals surface area contributed by atoms with Gasteiger partial charge in [0.15, 0.2) is 6.61 Å². The summed E-state index contributed by atoms with van der Waals surface area (Å²) in [6.07, 6.45) is 5.57. The molecule has 7 heteroatoms. The predicted molar refractivity (Wildman–Crippen MR) is 87.4 cm³/mol. The van der Waals surface area contributed by atoms with Crippen LogP contribution < -0.4 is 10.5 Å². The minimum absolute atomic E-state index is 0.0577. The number of carbonyl (C=O) groups is 2. The van der Waals surface area contributed by atoms with Gasteiger partial charge in [-0.05, 0) is 37.1 Å². The third-order valence-corrected chi connectivity index (χ3v) is 4.14. The largest absolute Gasteiger partial charge is 0.484 e. The Labute approximate surface area is 140 Å². The molecule has 0 aliphatic carbocycles. The quantitative estimate of drug-likeness (QED) is 0.858. The van der Waals surface area contributed by atoms with Crippen molar-refractivity contribution in [2.75, 3.05) is 13.2 Å². The number of rotatable bonds is 6. The van der Waals surface area contributed by atoms with Crippen molar-refractivity contribution in [2.24, 2.45) is 5.73 Å². The Morgan fingerprint density at radius 1 is 1.33 bits per heavy atom. The van der Waals surface area contributed by atoms with Gasteiger partial charge in [-0.1, -0.05) is 6.07 Å². The number of nitrogens with two attached hydrogens (primary N) is 1. The maximum Gasteiger partial charge on any atom is 0.260 e. The van der Waals surface area contributed by atoms with Gasteiger partial charge in [-0.2, -0.15) is 5.10 Å². The molecule has 24 heavy (non-hydrogen) atoms. The van der Waals surface area contributed by atoms with E-state index in [-0.39, 0.29) is 18.6 Å². The van der Waals surface area contributed by atoms with Crippen LogP contribution in [0.15, 0.2) is 42.7 Å². The molecule has 1 unspecified atom stereocenters. The molecule has 2 N–H and O–H groups in total. The summed E-state index contributed by atoms with van der Waals surface area (Å²) in [4.78, 5) is 25.5. The highest BCUT2D eigenvalue weighted by atomic mass is 16.5. The summed E-state index contributed by atoms with van der Waals surface area (Å²) in [5.74, 6) is -0.123. The molecule has 0 saturated carbocycles. The average molecular weight is 328 g/mol. The molecule has 2 amide bonds. The summed E-state index contributed by atoms with van der Waals surface area (Å²) in [5.41, 5.74) is 5.60. The van der Waals surface area contributed by atoms with Gasteiger partial charge in [-0.25, -0.2) is 0 Å². The molecular weight excluding hydrogens is 308 g/mol. The summed E-state index contributed by atoms with van der Waals surface area (Å²) >= 11 is 0. The molecule has 1 atom stereocenters. The van der Waals surface area contributed by atoms with Crippen LogP contribution in [-0.2, 0) is 11.3 Å². The fourth-order valence-electron chi connectivity index (χ4n) is 2.95. The summed E-state index contributed by atoms with van der Waals surface area (Å²) in [5, 5.41) is 4.20. The Morgan fingerprint density at radius 2 is 2.21 bits per heavy atom. The molecule has 7 nitrogen and oxygen atoms in total. The number of nitrogens with zero attached hydrogens (tertiary/aromatic N) is 3. The Bertz CT molecular complexity index is 714. The average Bonchev–Trinajstić information content (AvgIpc) is 3.25. The van der Waals surface area contributed by atoms with Gasteiger partial charge in [-0.15, -0.1) is 0 Å². The van der Waals surface area contributed by atoms with Crippen molar-refractivity contribution >= 4 is 11.8 Å². The molecule has 2 aromatic rings. The van der Waals surface area contributed by atoms with Crippen LogP contribution in [0.1, 0.15) is 23.2 Å². The van der Waals surface area contributed by atoms with E-state index < -0.39 is 5.91 Å². The monoisotopic (exact) mass is 328 g/mol. The minimum atomic E-state index is -0.523. The summed E-state index contributed by atoms with van der Waals surface area (Å²) in [7, 11) is 0. The van der Waals surface area contributed by atoms with Gasteiger partial charge in [0, 0.05) is 24.5 Å². The van der Waals surface area contributed by atoms with Gasteiger partial charge in [0.2, 0.25) is 5.91 Å². The fraction of sp³-hybridized carbons (Fsp3) is 0.353. The van der Waals surface area contributed by atoms with Gasteiger partial charge in [0.25, 0.3) is 5.91 Å². The summed E-state index contributed by atoms with van der Waals surface area (Å²) < 4.78 is 7.37. The van der Waals surface area contributed by atoms with E-state index in [1.807, 2.05) is 21.8 Å². The van der Waals surface area contributed by atoms with Crippen molar-refractivity contribution in [2.45, 2.75) is 25.4 Å². The van der Waals surface area contributed by atoms with E-state index in [2.05, 4.69) is 5.10 Å². The zero-order valence-electron chi connectivity index (χ0n) is 13.3. The van der Waals surface area contributed by atoms with Crippen molar-refractivity contribution < 1.29 is 14.3 Å². The lowest BCUT2D eigenvalue weighted by Crippen LogP contribution is -2.40. The van der Waals surface area contributed by atoms with E-state index in [9.17, 15) is 9.59 Å². The highest BCUT2D eigenvalue weighted by Crippen LogP contribution is 2.20. The maximum atomic E-state index is 12.5. The number of amides is 2. The van der Waals surface area contributed by atoms with Crippen LogP contribution in [0.3, 0.4) is 0 Å². The Balaban J connectivity index is 1.58. The smallest absolute Gasteiger partial charge is 0.260 e. The van der Waals surface area contributed by atoms with E-state index in [1.165, 1.54) is 0 Å². The SMILES string of the molecule is NC(=O)c1cccc(OCC(=O)N2CCCC2Cn2cccn2)c1. The molecule has 1 aromatic heterocycles. The number of likely N-dealkylation sites (tertiary alicyclic amines) is 1. The van der Waals surface area contributed by atoms with Crippen LogP contribution in [-0.4, -0.2) is 45.7 Å². The molecule has 1 aromatic carbocycles. The maximum absolute atomic E-state index is 12.5. The third-order valence-electron chi connectivity index (χ3n) is 4.14. The molecule has 1 aliphatic rings. The molecule has 0 bridgehead atoms. The van der Waals surface area contributed by atoms with Crippen LogP contribution in [0.2, 0.25) is 0 Å². The number of carbonyl (C=O) groups excluding carboxylic acids is 2. The van der Waals surface area contributed by atoms with Crippen LogP contribution >= 0.6 is 0 Å². The number of aromatic nitrogens is 2. The van der Waals surface area contributed by atoms with E-state index >= 15 is 0 Å². The van der Waals surface area contributed by atoms with E-state index in [0.717, 1.165) is 19.4 Å². The first-order valence-electron chi connectivity index (χ1n) is 7.93. The molecule has 0 spiro atoms. The van der Waals surface area contributed by atoms with Gasteiger partial charge < -0.3 is 15.4 Å². The van der Waals surface area contributed by atoms with Crippen LogP contribution in [0.4, 0.5) is 0 Å². The second-order valence-electron chi connectivity index (χ2n) is 5.79. The Kier molecular flexibility index (Phi) is 4.79. The lowest BCUT2D eigenvalue weighted by atomic mass is 10.2. The van der Waals surface area contributed by atoms with Crippen molar-refractivity contribution in [1.82, 2.24) is 14.7 Å². The highest BCUT2D eigenvalue weighted by molar-refractivity contribution is 5.93. The van der Waals surface area contributed by atoms with Crippen LogP contribution in [0, 0.1) is 0 Å². The fourth-order valence-corrected chi connectivity index (χ4v) is 2.95. The topological polar surface area (TPSA) is 90.5 Å². The number of hydrogen-bond acceptors (Lipinski definition) is 4. The minimum Gasteiger partial charge on any atom is -0.484 e. The normalized spacial score (nSPS) is 17.0. The number of hydrogen-bond donors (Lipinski definition) is 1. The number of primary amides is 1. The van der Waals surface area contributed by atoms with E-state index in [4.69, 9.17) is 10.5 Å². The predicted octanol–water partition coefficient (Wildman–Crippen LogP) is 1.05. The van der Waals surface area contributed by atoms with Crippen molar-refractivity contribution in [1.29, 1.82) is 0 Å². The van der Waals surface area contributed by atoms with Crippen LogP contribution in [0.25, 0.3) is 0 Å². The lowest BCUT2D eigenvalue weighted by molar-refractivity contribution is -0.134. The van der Waals surface area contributed by atoms with E-state index in [0.29, 0.717) is 17.9 Å². The van der Waals surface area contributed by atoms with Crippen molar-refractivity contribution in [3.8, 4) is 5.75 Å². The molecule has 2 heterocycles. The second-order valence-corrected chi connectivity index (χ2v) is 5.79. The van der Waals surface area contributed by atoms with Crippen molar-refractivity contribution in [3.63, 3.8) is 0 Å². The molecular formula is C17H20N4O3. The van der Waals surface area contributed by atoms with Gasteiger partial charge >= 0.3 is 0 Å². The van der Waals surface area contributed by atoms with Gasteiger partial charge in [0.1, 0.15) is 5.75 Å². The van der Waals surface area contributed by atoms with Crippen LogP contribution in [0.5, 0.6) is 5.75 Å². The Morgan fingerprint density at radius 3 is 2.96 bits per heavy atom. The molecule has 1 aliphatic heterocycles. The first kappa shape index (κ1) is 16.0. The zero-order chi connectivity index (χ0) is 16.9. The third kappa shape index (κ3) is 3.73. The first-order valence-corrected chi connectivity index (χ1v) is 7.93. The standard InChI is InChI=1S/C17H20N4O3/c18-17(23)13-4-1-6-15(10-13)24-12-16(22)21-9-2-5-14(21)11-20-8-3-7-19-20/h1,3-4,6-8,10,14H,2,5,9,11-12H2,(H2,18,23). The molecule has 1 fully saturated rings. The number of ether oxygens (including phenoxy) is 1. The Hall–Kier alpha value is -2.83. The summed E-state index contributed by atoms with van der Waals surface area (Å²) in [6.45, 7) is 1.36. The van der Waals surface area contributed by atoms with Gasteiger partial charge in [-0.3, -0.25) is 14.3 Å². The molecule has 126 valence electrons. The molecule has 1 saturated heterocycles. The first-order chi connectivity index (χ1) is 11.6. The van der Waals surface area contributed by atoms with Gasteiger partial charge in [0.05, 0.1) is 12.6 Å². The zero-order valence-corrected chi connectivity index (χ0v) is 13.3. The molecule has 0 radical (unpaired) electrons. The second kappa shape index (κ2) is 7.16.